The fraction of sp³-hybridized carbons (Fsp3) is 0.333. The summed E-state index contributed by atoms with van der Waals surface area (Å²) in [5.41, 5.74) is -2.29. The van der Waals surface area contributed by atoms with Gasteiger partial charge in [0.25, 0.3) is 5.91 Å². The Bertz CT molecular complexity index is 1620. The molecule has 0 unspecified atom stereocenters. The van der Waals surface area contributed by atoms with E-state index in [4.69, 9.17) is 18.9 Å². The molecule has 1 aromatic heterocycles. The molecule has 0 aliphatic carbocycles. The van der Waals surface area contributed by atoms with Crippen molar-refractivity contribution < 1.29 is 38.1 Å². The Morgan fingerprint density at radius 1 is 0.860 bits per heavy atom. The normalized spacial score (nSPS) is 16.4. The molecule has 1 atom stereocenters. The van der Waals surface area contributed by atoms with Gasteiger partial charge >= 0.3 is 18.3 Å². The zero-order valence-electron chi connectivity index (χ0n) is 25.3. The number of aromatic nitrogens is 1. The lowest BCUT2D eigenvalue weighted by molar-refractivity contribution is -0.121. The average molecular weight is 589 g/mol. The molecular formula is C33H36N2O8. The first kappa shape index (κ1) is 31.1. The maximum Gasteiger partial charge on any atom is 0.515 e. The van der Waals surface area contributed by atoms with Crippen LogP contribution >= 0.6 is 0 Å². The van der Waals surface area contributed by atoms with Crippen LogP contribution < -0.4 is 9.64 Å². The lowest BCUT2D eigenvalue weighted by atomic mass is 9.72. The molecule has 1 aliphatic rings. The molecule has 10 nitrogen and oxygen atoms in total. The minimum absolute atomic E-state index is 0.0253. The number of carbonyl (C=O) groups excluding carboxylic acids is 4. The van der Waals surface area contributed by atoms with Crippen LogP contribution in [0.4, 0.5) is 20.1 Å². The summed E-state index contributed by atoms with van der Waals surface area (Å²) in [7, 11) is 0. The van der Waals surface area contributed by atoms with Crippen LogP contribution in [0.1, 0.15) is 59.1 Å². The number of rotatable bonds is 6. The monoisotopic (exact) mass is 588 g/mol. The molecule has 1 aliphatic heterocycles. The van der Waals surface area contributed by atoms with E-state index in [2.05, 4.69) is 13.2 Å². The van der Waals surface area contributed by atoms with Crippen molar-refractivity contribution in [1.82, 2.24) is 4.57 Å². The van der Waals surface area contributed by atoms with Crippen LogP contribution in [-0.4, -0.2) is 46.6 Å². The molecule has 2 amide bonds. The van der Waals surface area contributed by atoms with Crippen molar-refractivity contribution in [3.63, 3.8) is 0 Å². The van der Waals surface area contributed by atoms with Gasteiger partial charge in [-0.2, -0.15) is 0 Å². The summed E-state index contributed by atoms with van der Waals surface area (Å²) in [6, 6.07) is 13.5. The topological polar surface area (TPSA) is 113 Å². The zero-order chi connectivity index (χ0) is 31.7. The summed E-state index contributed by atoms with van der Waals surface area (Å²) in [6.07, 6.45) is 0.0120. The van der Waals surface area contributed by atoms with E-state index in [1.807, 2.05) is 0 Å². The molecule has 0 bridgehead atoms. The molecule has 0 radical (unpaired) electrons. The highest BCUT2D eigenvalue weighted by Crippen LogP contribution is 2.54. The molecule has 0 N–H and O–H groups in total. The Balaban J connectivity index is 2.11. The number of allylic oxidation sites excluding steroid dienone is 1. The summed E-state index contributed by atoms with van der Waals surface area (Å²) < 4.78 is 23.3. The van der Waals surface area contributed by atoms with Gasteiger partial charge in [-0.05, 0) is 65.7 Å². The third kappa shape index (κ3) is 5.77. The van der Waals surface area contributed by atoms with Gasteiger partial charge in [-0.25, -0.2) is 23.9 Å². The van der Waals surface area contributed by atoms with Crippen molar-refractivity contribution in [3.05, 3.63) is 85.0 Å². The molecule has 0 saturated carbocycles. The molecule has 2 heterocycles. The third-order valence-electron chi connectivity index (χ3n) is 6.53. The van der Waals surface area contributed by atoms with Gasteiger partial charge in [0.1, 0.15) is 23.2 Å². The Kier molecular flexibility index (Phi) is 8.26. The number of hydrogen-bond acceptors (Lipinski definition) is 8. The van der Waals surface area contributed by atoms with Crippen LogP contribution in [-0.2, 0) is 24.4 Å². The molecule has 4 rings (SSSR count). The van der Waals surface area contributed by atoms with Gasteiger partial charge in [-0.1, -0.05) is 55.1 Å². The lowest BCUT2D eigenvalue weighted by Gasteiger charge is -2.29. The second kappa shape index (κ2) is 11.4. The largest absolute Gasteiger partial charge is 0.515 e. The van der Waals surface area contributed by atoms with E-state index in [0.29, 0.717) is 16.5 Å². The predicted octanol–water partition coefficient (Wildman–Crippen LogP) is 7.27. The predicted molar refractivity (Wildman–Crippen MR) is 161 cm³/mol. The van der Waals surface area contributed by atoms with Crippen LogP contribution in [0.2, 0.25) is 0 Å². The maximum absolute atomic E-state index is 14.7. The van der Waals surface area contributed by atoms with Gasteiger partial charge in [-0.15, -0.1) is 6.58 Å². The maximum atomic E-state index is 14.7. The highest BCUT2D eigenvalue weighted by molar-refractivity contribution is 6.24. The minimum Gasteiger partial charge on any atom is -0.443 e. The smallest absolute Gasteiger partial charge is 0.443 e. The molecule has 10 heteroatoms. The van der Waals surface area contributed by atoms with E-state index >= 15 is 0 Å². The molecule has 0 fully saturated rings. The van der Waals surface area contributed by atoms with Gasteiger partial charge in [0.15, 0.2) is 0 Å². The van der Waals surface area contributed by atoms with Gasteiger partial charge < -0.3 is 18.9 Å². The van der Waals surface area contributed by atoms with E-state index in [0.717, 1.165) is 9.47 Å². The molecule has 226 valence electrons. The standard InChI is InChI=1S/C33H36N2O8/c1-9-19-33(22-16-12-14-18-24(22)35(27(33)36)29(38)43-32(6,7)8)25-21-15-11-13-17-23(21)34(28(37)42-31(3,4)5)26(25)41-30(39)40-20-10-2/h9-18H,1-2,19-20H2,3-8H3/t33-/m1/s1. The molecule has 2 aromatic carbocycles. The molecule has 43 heavy (non-hydrogen) atoms. The van der Waals surface area contributed by atoms with Crippen molar-refractivity contribution in [1.29, 1.82) is 0 Å². The first-order valence-corrected chi connectivity index (χ1v) is 13.8. The van der Waals surface area contributed by atoms with E-state index < -0.39 is 40.9 Å². The highest BCUT2D eigenvalue weighted by Gasteiger charge is 2.57. The molecule has 0 saturated heterocycles. The van der Waals surface area contributed by atoms with Crippen LogP contribution in [0.25, 0.3) is 10.9 Å². The molecule has 3 aromatic rings. The number of anilines is 1. The molecule has 0 spiro atoms. The van der Waals surface area contributed by atoms with Crippen molar-refractivity contribution in [3.8, 4) is 5.88 Å². The number of hydrogen-bond donors (Lipinski definition) is 0. The Hall–Kier alpha value is -4.86. The van der Waals surface area contributed by atoms with Crippen LogP contribution in [0.15, 0.2) is 73.8 Å². The van der Waals surface area contributed by atoms with Crippen molar-refractivity contribution >= 4 is 40.8 Å². The lowest BCUT2D eigenvalue weighted by Crippen LogP contribution is -2.46. The Morgan fingerprint density at radius 3 is 2.09 bits per heavy atom. The summed E-state index contributed by atoms with van der Waals surface area (Å²) in [4.78, 5) is 55.9. The van der Waals surface area contributed by atoms with Crippen molar-refractivity contribution in [2.75, 3.05) is 11.5 Å². The fourth-order valence-corrected chi connectivity index (χ4v) is 5.14. The number of fused-ring (bicyclic) bond motifs is 2. The second-order valence-electron chi connectivity index (χ2n) is 12.0. The second-order valence-corrected chi connectivity index (χ2v) is 12.0. The van der Waals surface area contributed by atoms with E-state index in [1.54, 1.807) is 90.1 Å². The third-order valence-corrected chi connectivity index (χ3v) is 6.53. The first-order chi connectivity index (χ1) is 20.2. The van der Waals surface area contributed by atoms with Crippen LogP contribution in [0.5, 0.6) is 5.88 Å². The number of para-hydroxylation sites is 2. The number of imide groups is 1. The van der Waals surface area contributed by atoms with Gasteiger partial charge in [0.2, 0.25) is 5.88 Å². The van der Waals surface area contributed by atoms with Gasteiger partial charge in [0, 0.05) is 10.9 Å². The van der Waals surface area contributed by atoms with Gasteiger partial charge in [0.05, 0.1) is 11.2 Å². The van der Waals surface area contributed by atoms with Crippen molar-refractivity contribution in [2.24, 2.45) is 0 Å². The van der Waals surface area contributed by atoms with Crippen molar-refractivity contribution in [2.45, 2.75) is 64.6 Å². The van der Waals surface area contributed by atoms with Gasteiger partial charge in [-0.3, -0.25) is 4.79 Å². The average Bonchev–Trinajstić information content (AvgIpc) is 3.35. The summed E-state index contributed by atoms with van der Waals surface area (Å²) in [6.45, 7) is 17.5. The number of benzene rings is 2. The minimum atomic E-state index is -1.67. The van der Waals surface area contributed by atoms with Crippen LogP contribution in [0.3, 0.4) is 0 Å². The Labute approximate surface area is 250 Å². The summed E-state index contributed by atoms with van der Waals surface area (Å²) in [5.74, 6) is -0.959. The fourth-order valence-electron chi connectivity index (χ4n) is 5.14. The van der Waals surface area contributed by atoms with E-state index in [-0.39, 0.29) is 30.2 Å². The zero-order valence-corrected chi connectivity index (χ0v) is 25.3. The number of carbonyl (C=O) groups is 4. The quantitative estimate of drug-likeness (QED) is 0.168. The first-order valence-electron chi connectivity index (χ1n) is 13.8. The number of ether oxygens (including phenoxy) is 4. The van der Waals surface area contributed by atoms with E-state index in [1.165, 1.54) is 12.2 Å². The summed E-state index contributed by atoms with van der Waals surface area (Å²) >= 11 is 0. The SMILES string of the molecule is C=CCOC(=O)Oc1c([C@]2(CC=C)C(=O)N(C(=O)OC(C)(C)C)c3ccccc32)c2ccccc2n1C(=O)OC(C)(C)C. The summed E-state index contributed by atoms with van der Waals surface area (Å²) in [5, 5.41) is 0.413. The highest BCUT2D eigenvalue weighted by atomic mass is 16.7. The molecular weight excluding hydrogens is 552 g/mol. The van der Waals surface area contributed by atoms with Crippen LogP contribution in [0, 0.1) is 0 Å². The number of nitrogens with zero attached hydrogens (tertiary/aromatic N) is 2. The van der Waals surface area contributed by atoms with E-state index in [9.17, 15) is 19.2 Å². The Morgan fingerprint density at radius 2 is 1.47 bits per heavy atom. The number of amides is 2.